The normalized spacial score (nSPS) is 21.8. The van der Waals surface area contributed by atoms with Crippen LogP contribution in [0.1, 0.15) is 31.2 Å². The summed E-state index contributed by atoms with van der Waals surface area (Å²) in [6.45, 7) is 0.161. The van der Waals surface area contributed by atoms with Gasteiger partial charge in [-0.2, -0.15) is 0 Å². The summed E-state index contributed by atoms with van der Waals surface area (Å²) >= 11 is 5.95. The molecule has 1 aromatic rings. The highest BCUT2D eigenvalue weighted by Crippen LogP contribution is 2.46. The monoisotopic (exact) mass is 278 g/mol. The number of hydrogen-bond acceptors (Lipinski definition) is 2. The Bertz CT molecular complexity index is 441. The Hall–Kier alpha value is -0.810. The maximum Gasteiger partial charge on any atom is 0.248 e. The Kier molecular flexibility index (Phi) is 3.56. The molecule has 1 aliphatic carbocycles. The van der Waals surface area contributed by atoms with Gasteiger partial charge in [-0.05, 0) is 24.5 Å². The van der Waals surface area contributed by atoms with Gasteiger partial charge in [0.2, 0.25) is 5.92 Å². The summed E-state index contributed by atoms with van der Waals surface area (Å²) in [5.41, 5.74) is 5.48. The molecule has 0 radical (unpaired) electrons. The Morgan fingerprint density at radius 3 is 2.44 bits per heavy atom. The van der Waals surface area contributed by atoms with Crippen molar-refractivity contribution in [1.82, 2.24) is 4.98 Å². The Morgan fingerprint density at radius 2 is 1.89 bits per heavy atom. The lowest BCUT2D eigenvalue weighted by Gasteiger charge is -2.39. The van der Waals surface area contributed by atoms with Crippen LogP contribution in [0.25, 0.3) is 0 Å². The molecule has 1 saturated carbocycles. The van der Waals surface area contributed by atoms with Crippen molar-refractivity contribution in [1.29, 1.82) is 0 Å². The Morgan fingerprint density at radius 1 is 1.28 bits per heavy atom. The van der Waals surface area contributed by atoms with Gasteiger partial charge in [-0.15, -0.1) is 0 Å². The number of pyridine rings is 1. The fourth-order valence-electron chi connectivity index (χ4n) is 2.47. The van der Waals surface area contributed by atoms with Gasteiger partial charge < -0.3 is 5.73 Å². The van der Waals surface area contributed by atoms with Crippen LogP contribution in [0.15, 0.2) is 12.3 Å². The van der Waals surface area contributed by atoms with Crippen LogP contribution in [-0.4, -0.2) is 17.5 Å². The van der Waals surface area contributed by atoms with Crippen LogP contribution in [0.5, 0.6) is 0 Å². The van der Waals surface area contributed by atoms with Gasteiger partial charge in [-0.25, -0.2) is 18.2 Å². The molecule has 0 saturated heterocycles. The topological polar surface area (TPSA) is 38.9 Å². The number of nitrogens with zero attached hydrogens (tertiary/aromatic N) is 1. The zero-order chi connectivity index (χ0) is 13.4. The van der Waals surface area contributed by atoms with E-state index in [-0.39, 0.29) is 37.4 Å². The molecule has 0 atom stereocenters. The minimum absolute atomic E-state index is 0.145. The Labute approximate surface area is 108 Å². The number of halogens is 4. The second-order valence-electron chi connectivity index (χ2n) is 4.83. The fraction of sp³-hybridized carbons (Fsp3) is 0.583. The van der Waals surface area contributed by atoms with E-state index in [1.165, 1.54) is 6.07 Å². The average Bonchev–Trinajstić information content (AvgIpc) is 2.33. The average molecular weight is 279 g/mol. The molecule has 18 heavy (non-hydrogen) atoms. The van der Waals surface area contributed by atoms with Crippen molar-refractivity contribution in [2.75, 3.05) is 6.54 Å². The first-order chi connectivity index (χ1) is 8.38. The first-order valence-electron chi connectivity index (χ1n) is 5.78. The quantitative estimate of drug-likeness (QED) is 0.843. The standard InChI is InChI=1S/C12H14ClF3N2/c13-10-9(5-8(14)6-18-10)11(7-17)1-3-12(15,16)4-2-11/h5-6H,1-4,7,17H2. The van der Waals surface area contributed by atoms with E-state index >= 15 is 0 Å². The second-order valence-corrected chi connectivity index (χ2v) is 5.19. The summed E-state index contributed by atoms with van der Waals surface area (Å²) in [4.78, 5) is 3.73. The predicted molar refractivity (Wildman–Crippen MR) is 63.4 cm³/mol. The van der Waals surface area contributed by atoms with E-state index < -0.39 is 17.2 Å². The van der Waals surface area contributed by atoms with E-state index in [1.807, 2.05) is 0 Å². The molecule has 6 heteroatoms. The highest BCUT2D eigenvalue weighted by molar-refractivity contribution is 6.30. The molecule has 2 nitrogen and oxygen atoms in total. The minimum atomic E-state index is -2.66. The molecule has 0 aliphatic heterocycles. The van der Waals surface area contributed by atoms with E-state index in [0.29, 0.717) is 5.56 Å². The van der Waals surface area contributed by atoms with Crippen LogP contribution in [0.2, 0.25) is 5.15 Å². The lowest BCUT2D eigenvalue weighted by molar-refractivity contribution is -0.0509. The van der Waals surface area contributed by atoms with Crippen LogP contribution in [0.3, 0.4) is 0 Å². The molecule has 0 spiro atoms. The number of aromatic nitrogens is 1. The molecule has 1 heterocycles. The van der Waals surface area contributed by atoms with E-state index in [4.69, 9.17) is 17.3 Å². The van der Waals surface area contributed by atoms with Crippen molar-refractivity contribution < 1.29 is 13.2 Å². The molecule has 1 fully saturated rings. The number of nitrogens with two attached hydrogens (primary N) is 1. The van der Waals surface area contributed by atoms with Crippen LogP contribution >= 0.6 is 11.6 Å². The zero-order valence-corrected chi connectivity index (χ0v) is 10.5. The number of hydrogen-bond donors (Lipinski definition) is 1. The van der Waals surface area contributed by atoms with Crippen LogP contribution in [0, 0.1) is 5.82 Å². The first kappa shape index (κ1) is 13.6. The maximum atomic E-state index is 13.3. The molecular weight excluding hydrogens is 265 g/mol. The van der Waals surface area contributed by atoms with Gasteiger partial charge in [0, 0.05) is 24.8 Å². The molecule has 1 aromatic heterocycles. The van der Waals surface area contributed by atoms with Gasteiger partial charge in [-0.3, -0.25) is 0 Å². The van der Waals surface area contributed by atoms with Crippen LogP contribution in [0.4, 0.5) is 13.2 Å². The summed E-state index contributed by atoms with van der Waals surface area (Å²) in [6, 6.07) is 1.26. The maximum absolute atomic E-state index is 13.3. The third kappa shape index (κ3) is 2.47. The fourth-order valence-corrected chi connectivity index (χ4v) is 2.78. The van der Waals surface area contributed by atoms with E-state index in [2.05, 4.69) is 4.98 Å². The molecule has 1 aliphatic rings. The van der Waals surface area contributed by atoms with Gasteiger partial charge >= 0.3 is 0 Å². The van der Waals surface area contributed by atoms with E-state index in [9.17, 15) is 13.2 Å². The lowest BCUT2D eigenvalue weighted by Crippen LogP contribution is -2.42. The highest BCUT2D eigenvalue weighted by atomic mass is 35.5. The highest BCUT2D eigenvalue weighted by Gasteiger charge is 2.44. The minimum Gasteiger partial charge on any atom is -0.330 e. The third-order valence-corrected chi connectivity index (χ3v) is 4.01. The smallest absolute Gasteiger partial charge is 0.248 e. The molecular formula is C12H14ClF3N2. The van der Waals surface area contributed by atoms with Crippen molar-refractivity contribution >= 4 is 11.6 Å². The second kappa shape index (κ2) is 4.70. The van der Waals surface area contributed by atoms with Crippen molar-refractivity contribution in [2.24, 2.45) is 5.73 Å². The Balaban J connectivity index is 2.36. The van der Waals surface area contributed by atoms with Gasteiger partial charge in [-0.1, -0.05) is 11.6 Å². The lowest BCUT2D eigenvalue weighted by atomic mass is 9.69. The van der Waals surface area contributed by atoms with Gasteiger partial charge in [0.15, 0.2) is 0 Å². The van der Waals surface area contributed by atoms with Crippen LogP contribution in [-0.2, 0) is 5.41 Å². The van der Waals surface area contributed by atoms with Gasteiger partial charge in [0.25, 0.3) is 0 Å². The van der Waals surface area contributed by atoms with Crippen molar-refractivity contribution in [3.63, 3.8) is 0 Å². The summed E-state index contributed by atoms with van der Waals surface area (Å²) in [5.74, 6) is -3.19. The van der Waals surface area contributed by atoms with Crippen molar-refractivity contribution in [2.45, 2.75) is 37.0 Å². The van der Waals surface area contributed by atoms with Crippen LogP contribution < -0.4 is 5.73 Å². The molecule has 0 amide bonds. The number of rotatable bonds is 2. The zero-order valence-electron chi connectivity index (χ0n) is 9.73. The van der Waals surface area contributed by atoms with Gasteiger partial charge in [0.1, 0.15) is 11.0 Å². The van der Waals surface area contributed by atoms with Crippen molar-refractivity contribution in [3.05, 3.63) is 28.8 Å². The van der Waals surface area contributed by atoms with E-state index in [0.717, 1.165) is 6.20 Å². The summed E-state index contributed by atoms with van der Waals surface area (Å²) in [7, 11) is 0. The van der Waals surface area contributed by atoms with E-state index in [1.54, 1.807) is 0 Å². The predicted octanol–water partition coefficient (Wildman–Crippen LogP) is 3.28. The molecule has 0 unspecified atom stereocenters. The molecule has 2 rings (SSSR count). The molecule has 0 bridgehead atoms. The number of alkyl halides is 2. The van der Waals surface area contributed by atoms with Gasteiger partial charge in [0.05, 0.1) is 6.20 Å². The first-order valence-corrected chi connectivity index (χ1v) is 6.16. The molecule has 0 aromatic carbocycles. The molecule has 100 valence electrons. The molecule has 2 N–H and O–H groups in total. The van der Waals surface area contributed by atoms with Crippen molar-refractivity contribution in [3.8, 4) is 0 Å². The summed E-state index contributed by atoms with van der Waals surface area (Å²) in [5, 5.41) is 0.145. The summed E-state index contributed by atoms with van der Waals surface area (Å²) < 4.78 is 39.7. The summed E-state index contributed by atoms with van der Waals surface area (Å²) in [6.07, 6.45) is 0.893. The SMILES string of the molecule is NCC1(c2cc(F)cnc2Cl)CCC(F)(F)CC1. The third-order valence-electron chi connectivity index (χ3n) is 3.71. The largest absolute Gasteiger partial charge is 0.330 e.